The van der Waals surface area contributed by atoms with Crippen molar-refractivity contribution in [2.45, 2.75) is 20.3 Å². The van der Waals surface area contributed by atoms with Crippen LogP contribution < -0.4 is 4.74 Å². The molecule has 0 aliphatic heterocycles. The number of carboxylic acid groups (broad SMARTS) is 1. The Bertz CT molecular complexity index is 777. The van der Waals surface area contributed by atoms with E-state index in [2.05, 4.69) is 0 Å². The van der Waals surface area contributed by atoms with Crippen molar-refractivity contribution in [3.63, 3.8) is 0 Å². The van der Waals surface area contributed by atoms with Crippen LogP contribution in [0.25, 0.3) is 11.6 Å². The normalized spacial score (nSPS) is 11.3. The van der Waals surface area contributed by atoms with Crippen LogP contribution in [-0.4, -0.2) is 27.9 Å². The average molecular weight is 328 g/mol. The number of aliphatic carboxylic acids is 1. The fourth-order valence-corrected chi connectivity index (χ4v) is 2.31. The van der Waals surface area contributed by atoms with E-state index >= 15 is 0 Å². The number of rotatable bonds is 6. The van der Waals surface area contributed by atoms with Gasteiger partial charge in [0.1, 0.15) is 17.2 Å². The van der Waals surface area contributed by atoms with Crippen LogP contribution in [0.2, 0.25) is 0 Å². The number of phenolic OH excluding ortho intramolecular Hbond substituents is 2. The van der Waals surface area contributed by atoms with Crippen molar-refractivity contribution in [1.29, 1.82) is 0 Å². The molecule has 5 heteroatoms. The monoisotopic (exact) mass is 328 g/mol. The number of benzene rings is 2. The summed E-state index contributed by atoms with van der Waals surface area (Å²) in [4.78, 5) is 11.7. The SMILES string of the molecule is CCCOc1ccc(/C(=C/c2ccc(O)cc2O)C(=O)O)c(C)c1. The van der Waals surface area contributed by atoms with E-state index in [1.54, 1.807) is 18.2 Å². The first-order chi connectivity index (χ1) is 11.4. The topological polar surface area (TPSA) is 87.0 Å². The van der Waals surface area contributed by atoms with Crippen LogP contribution in [0.5, 0.6) is 17.2 Å². The van der Waals surface area contributed by atoms with Gasteiger partial charge in [0.15, 0.2) is 0 Å². The van der Waals surface area contributed by atoms with Crippen LogP contribution in [0.3, 0.4) is 0 Å². The fraction of sp³-hybridized carbons (Fsp3) is 0.211. The molecule has 0 bridgehead atoms. The summed E-state index contributed by atoms with van der Waals surface area (Å²) in [6.07, 6.45) is 2.27. The van der Waals surface area contributed by atoms with Crippen LogP contribution in [0.4, 0.5) is 0 Å². The first-order valence-electron chi connectivity index (χ1n) is 7.63. The summed E-state index contributed by atoms with van der Waals surface area (Å²) in [6.45, 7) is 4.42. The lowest BCUT2D eigenvalue weighted by atomic mass is 9.98. The van der Waals surface area contributed by atoms with E-state index in [0.29, 0.717) is 23.5 Å². The Labute approximate surface area is 140 Å². The minimum absolute atomic E-state index is 0.0514. The van der Waals surface area contributed by atoms with Gasteiger partial charge in [0.2, 0.25) is 0 Å². The molecular formula is C19H20O5. The molecule has 2 aromatic carbocycles. The lowest BCUT2D eigenvalue weighted by molar-refractivity contribution is -0.130. The lowest BCUT2D eigenvalue weighted by Gasteiger charge is -2.11. The highest BCUT2D eigenvalue weighted by molar-refractivity contribution is 6.21. The van der Waals surface area contributed by atoms with Gasteiger partial charge in [-0.15, -0.1) is 0 Å². The van der Waals surface area contributed by atoms with Gasteiger partial charge in [-0.05, 0) is 54.8 Å². The molecule has 0 aromatic heterocycles. The van der Waals surface area contributed by atoms with Gasteiger partial charge in [0, 0.05) is 11.6 Å². The van der Waals surface area contributed by atoms with Crippen molar-refractivity contribution in [1.82, 2.24) is 0 Å². The van der Waals surface area contributed by atoms with Gasteiger partial charge in [-0.3, -0.25) is 0 Å². The predicted molar refractivity (Wildman–Crippen MR) is 92.2 cm³/mol. The fourth-order valence-electron chi connectivity index (χ4n) is 2.31. The summed E-state index contributed by atoms with van der Waals surface area (Å²) in [5.41, 5.74) is 1.67. The highest BCUT2D eigenvalue weighted by Crippen LogP contribution is 2.30. The average Bonchev–Trinajstić information content (AvgIpc) is 2.52. The number of hydrogen-bond acceptors (Lipinski definition) is 4. The van der Waals surface area contributed by atoms with Gasteiger partial charge < -0.3 is 20.1 Å². The third kappa shape index (κ3) is 4.07. The van der Waals surface area contributed by atoms with E-state index in [-0.39, 0.29) is 17.1 Å². The second-order valence-corrected chi connectivity index (χ2v) is 5.43. The highest BCUT2D eigenvalue weighted by Gasteiger charge is 2.15. The van der Waals surface area contributed by atoms with Crippen LogP contribution in [-0.2, 0) is 4.79 Å². The van der Waals surface area contributed by atoms with Gasteiger partial charge in [-0.1, -0.05) is 13.0 Å². The van der Waals surface area contributed by atoms with Crippen molar-refractivity contribution < 1.29 is 24.9 Å². The molecule has 0 saturated heterocycles. The van der Waals surface area contributed by atoms with Crippen LogP contribution in [0.15, 0.2) is 36.4 Å². The van der Waals surface area contributed by atoms with Crippen molar-refractivity contribution >= 4 is 17.6 Å². The molecule has 0 fully saturated rings. The molecule has 2 aromatic rings. The van der Waals surface area contributed by atoms with Crippen LogP contribution >= 0.6 is 0 Å². The second-order valence-electron chi connectivity index (χ2n) is 5.43. The Hall–Kier alpha value is -2.95. The molecule has 0 unspecified atom stereocenters. The van der Waals surface area contributed by atoms with Gasteiger partial charge >= 0.3 is 5.97 Å². The number of hydrogen-bond donors (Lipinski definition) is 3. The van der Waals surface area contributed by atoms with Gasteiger partial charge in [-0.25, -0.2) is 4.79 Å². The zero-order valence-electron chi connectivity index (χ0n) is 13.6. The first-order valence-corrected chi connectivity index (χ1v) is 7.63. The number of aromatic hydroxyl groups is 2. The molecular weight excluding hydrogens is 308 g/mol. The minimum atomic E-state index is -1.10. The molecule has 2 rings (SSSR count). The third-order valence-corrected chi connectivity index (χ3v) is 3.51. The van der Waals surface area contributed by atoms with Crippen molar-refractivity contribution in [2.75, 3.05) is 6.61 Å². The number of ether oxygens (including phenoxy) is 1. The Kier molecular flexibility index (Phi) is 5.47. The Morgan fingerprint density at radius 3 is 2.50 bits per heavy atom. The van der Waals surface area contributed by atoms with E-state index < -0.39 is 5.97 Å². The lowest BCUT2D eigenvalue weighted by Crippen LogP contribution is -2.02. The number of aryl methyl sites for hydroxylation is 1. The summed E-state index contributed by atoms with van der Waals surface area (Å²) in [5, 5.41) is 28.7. The maximum absolute atomic E-state index is 11.7. The molecule has 3 N–H and O–H groups in total. The molecule has 5 nitrogen and oxygen atoms in total. The van der Waals surface area contributed by atoms with E-state index in [4.69, 9.17) is 4.74 Å². The summed E-state index contributed by atoms with van der Waals surface area (Å²) in [7, 11) is 0. The molecule has 0 aliphatic carbocycles. The Morgan fingerprint density at radius 2 is 1.92 bits per heavy atom. The van der Waals surface area contributed by atoms with E-state index in [0.717, 1.165) is 12.0 Å². The quantitative estimate of drug-likeness (QED) is 0.554. The molecule has 0 radical (unpaired) electrons. The molecule has 0 atom stereocenters. The maximum Gasteiger partial charge on any atom is 0.336 e. The first kappa shape index (κ1) is 17.4. The smallest absolute Gasteiger partial charge is 0.336 e. The van der Waals surface area contributed by atoms with Crippen LogP contribution in [0.1, 0.15) is 30.0 Å². The molecule has 0 spiro atoms. The zero-order valence-corrected chi connectivity index (χ0v) is 13.6. The second kappa shape index (κ2) is 7.55. The van der Waals surface area contributed by atoms with E-state index in [1.165, 1.54) is 24.3 Å². The summed E-state index contributed by atoms with van der Waals surface area (Å²) in [5.74, 6) is -0.687. The van der Waals surface area contributed by atoms with Gasteiger partial charge in [0.25, 0.3) is 0 Å². The summed E-state index contributed by atoms with van der Waals surface area (Å²) in [6, 6.07) is 9.22. The Balaban J connectivity index is 2.44. The standard InChI is InChI=1S/C19H20O5/c1-3-8-24-15-6-7-16(12(2)9-15)17(19(22)23)10-13-4-5-14(20)11-18(13)21/h4-7,9-11,20-21H,3,8H2,1-2H3,(H,22,23)/b17-10-. The summed E-state index contributed by atoms with van der Waals surface area (Å²) < 4.78 is 5.55. The maximum atomic E-state index is 11.7. The predicted octanol–water partition coefficient (Wildman–Crippen LogP) is 3.82. The summed E-state index contributed by atoms with van der Waals surface area (Å²) >= 11 is 0. The minimum Gasteiger partial charge on any atom is -0.508 e. The number of carbonyl (C=O) groups is 1. The molecule has 0 amide bonds. The number of carboxylic acids is 1. The van der Waals surface area contributed by atoms with Crippen molar-refractivity contribution in [2.24, 2.45) is 0 Å². The van der Waals surface area contributed by atoms with E-state index in [1.807, 2.05) is 13.8 Å². The Morgan fingerprint density at radius 1 is 1.17 bits per heavy atom. The van der Waals surface area contributed by atoms with Crippen molar-refractivity contribution in [3.8, 4) is 17.2 Å². The van der Waals surface area contributed by atoms with Crippen molar-refractivity contribution in [3.05, 3.63) is 53.1 Å². The van der Waals surface area contributed by atoms with Crippen LogP contribution in [0, 0.1) is 6.92 Å². The molecule has 0 aliphatic rings. The third-order valence-electron chi connectivity index (χ3n) is 3.51. The zero-order chi connectivity index (χ0) is 17.7. The van der Waals surface area contributed by atoms with E-state index in [9.17, 15) is 20.1 Å². The molecule has 24 heavy (non-hydrogen) atoms. The molecule has 0 heterocycles. The van der Waals surface area contributed by atoms with Gasteiger partial charge in [0.05, 0.1) is 12.2 Å². The number of phenols is 2. The highest BCUT2D eigenvalue weighted by atomic mass is 16.5. The molecule has 0 saturated carbocycles. The van der Waals surface area contributed by atoms with Gasteiger partial charge in [-0.2, -0.15) is 0 Å². The molecule has 126 valence electrons. The largest absolute Gasteiger partial charge is 0.508 e.